The molecule has 0 atom stereocenters. The third kappa shape index (κ3) is 3.47. The fourth-order valence-electron chi connectivity index (χ4n) is 3.12. The summed E-state index contributed by atoms with van der Waals surface area (Å²) in [5.74, 6) is 0.476. The first-order valence-corrected chi connectivity index (χ1v) is 10.0. The maximum atomic E-state index is 13.4. The third-order valence-corrected chi connectivity index (χ3v) is 6.11. The van der Waals surface area contributed by atoms with Crippen LogP contribution in [0.3, 0.4) is 0 Å². The summed E-state index contributed by atoms with van der Waals surface area (Å²) in [6.07, 6.45) is 0. The lowest BCUT2D eigenvalue weighted by Crippen LogP contribution is -2.24. The van der Waals surface area contributed by atoms with Crippen molar-refractivity contribution in [2.24, 2.45) is 0 Å². The van der Waals surface area contributed by atoms with Crippen LogP contribution in [0.4, 0.5) is 0 Å². The number of carbonyl (C=O) groups excluding carboxylic acids is 1. The Hall–Kier alpha value is -2.90. The SMILES string of the molecule is COC(=O)c1ccc(Cn2c(-c3ccc(Cl)cc3)nc3sc(C)c(C)c3c2=O)o1. The molecular formula is C21H17ClN2O4S. The van der Waals surface area contributed by atoms with Gasteiger partial charge in [0.2, 0.25) is 5.76 Å². The number of fused-ring (bicyclic) bond motifs is 1. The van der Waals surface area contributed by atoms with E-state index in [-0.39, 0.29) is 17.9 Å². The van der Waals surface area contributed by atoms with Gasteiger partial charge >= 0.3 is 5.97 Å². The van der Waals surface area contributed by atoms with Crippen LogP contribution in [0.5, 0.6) is 0 Å². The topological polar surface area (TPSA) is 74.3 Å². The zero-order valence-corrected chi connectivity index (χ0v) is 17.6. The molecule has 0 amide bonds. The van der Waals surface area contributed by atoms with E-state index in [2.05, 4.69) is 4.74 Å². The molecule has 0 spiro atoms. The molecule has 0 radical (unpaired) electrons. The Kier molecular flexibility index (Phi) is 5.02. The van der Waals surface area contributed by atoms with Crippen LogP contribution in [0, 0.1) is 13.8 Å². The maximum Gasteiger partial charge on any atom is 0.373 e. The van der Waals surface area contributed by atoms with Gasteiger partial charge in [0.25, 0.3) is 5.56 Å². The van der Waals surface area contributed by atoms with E-state index in [9.17, 15) is 9.59 Å². The third-order valence-electron chi connectivity index (χ3n) is 4.75. The summed E-state index contributed by atoms with van der Waals surface area (Å²) in [5.41, 5.74) is 1.53. The first-order chi connectivity index (χ1) is 13.9. The van der Waals surface area contributed by atoms with Gasteiger partial charge in [0, 0.05) is 15.5 Å². The summed E-state index contributed by atoms with van der Waals surface area (Å²) in [5, 5.41) is 1.20. The van der Waals surface area contributed by atoms with E-state index in [0.29, 0.717) is 26.8 Å². The molecule has 0 saturated carbocycles. The maximum absolute atomic E-state index is 13.4. The number of hydrogen-bond acceptors (Lipinski definition) is 6. The van der Waals surface area contributed by atoms with Crippen LogP contribution in [0.2, 0.25) is 5.02 Å². The Balaban J connectivity index is 1.91. The largest absolute Gasteiger partial charge is 0.463 e. The van der Waals surface area contributed by atoms with Gasteiger partial charge in [0.15, 0.2) is 0 Å². The number of furan rings is 1. The first kappa shape index (κ1) is 19.4. The van der Waals surface area contributed by atoms with Gasteiger partial charge in [-0.1, -0.05) is 11.6 Å². The lowest BCUT2D eigenvalue weighted by atomic mass is 10.2. The molecule has 0 aliphatic rings. The Morgan fingerprint density at radius 3 is 2.62 bits per heavy atom. The van der Waals surface area contributed by atoms with Crippen molar-refractivity contribution in [1.82, 2.24) is 9.55 Å². The van der Waals surface area contributed by atoms with Crippen molar-refractivity contribution >= 4 is 39.1 Å². The predicted molar refractivity (Wildman–Crippen MR) is 113 cm³/mol. The van der Waals surface area contributed by atoms with Crippen LogP contribution >= 0.6 is 22.9 Å². The molecule has 0 unspecified atom stereocenters. The molecule has 4 aromatic rings. The Bertz CT molecular complexity index is 1280. The number of thiophene rings is 1. The molecule has 148 valence electrons. The normalized spacial score (nSPS) is 11.2. The van der Waals surface area contributed by atoms with Crippen LogP contribution in [-0.4, -0.2) is 22.6 Å². The Morgan fingerprint density at radius 2 is 1.93 bits per heavy atom. The van der Waals surface area contributed by atoms with Gasteiger partial charge < -0.3 is 9.15 Å². The summed E-state index contributed by atoms with van der Waals surface area (Å²) >= 11 is 7.52. The highest BCUT2D eigenvalue weighted by Gasteiger charge is 2.19. The molecule has 3 heterocycles. The van der Waals surface area contributed by atoms with Gasteiger partial charge in [-0.15, -0.1) is 11.3 Å². The van der Waals surface area contributed by atoms with Crippen molar-refractivity contribution in [2.45, 2.75) is 20.4 Å². The van der Waals surface area contributed by atoms with E-state index < -0.39 is 5.97 Å². The minimum atomic E-state index is -0.570. The number of rotatable bonds is 4. The number of hydrogen-bond donors (Lipinski definition) is 0. The van der Waals surface area contributed by atoms with Crippen LogP contribution in [0.1, 0.15) is 26.8 Å². The van der Waals surface area contributed by atoms with E-state index in [1.165, 1.54) is 24.5 Å². The van der Waals surface area contributed by atoms with Crippen LogP contribution in [0.25, 0.3) is 21.6 Å². The number of carbonyl (C=O) groups is 1. The van der Waals surface area contributed by atoms with E-state index in [4.69, 9.17) is 21.0 Å². The Morgan fingerprint density at radius 1 is 1.21 bits per heavy atom. The molecular weight excluding hydrogens is 412 g/mol. The number of benzene rings is 1. The van der Waals surface area contributed by atoms with E-state index in [0.717, 1.165) is 16.0 Å². The summed E-state index contributed by atoms with van der Waals surface area (Å²) in [6, 6.07) is 10.3. The van der Waals surface area contributed by atoms with Gasteiger partial charge in [-0.3, -0.25) is 9.36 Å². The average Bonchev–Trinajstić information content (AvgIpc) is 3.29. The fraction of sp³-hybridized carbons (Fsp3) is 0.190. The molecule has 3 aromatic heterocycles. The second kappa shape index (κ2) is 7.50. The molecule has 8 heteroatoms. The zero-order chi connectivity index (χ0) is 20.7. The quantitative estimate of drug-likeness (QED) is 0.435. The smallest absolute Gasteiger partial charge is 0.373 e. The van der Waals surface area contributed by atoms with Crippen molar-refractivity contribution in [1.29, 1.82) is 0 Å². The van der Waals surface area contributed by atoms with Gasteiger partial charge in [0.1, 0.15) is 16.4 Å². The minimum absolute atomic E-state index is 0.0835. The number of methoxy groups -OCH3 is 1. The monoisotopic (exact) mass is 428 g/mol. The van der Waals surface area contributed by atoms with Crippen LogP contribution < -0.4 is 5.56 Å². The molecule has 0 aliphatic carbocycles. The standard InChI is InChI=1S/C21H17ClN2O4S/c1-11-12(2)29-19-17(11)20(25)24(10-15-8-9-16(28-15)21(26)27-3)18(23-19)13-4-6-14(22)7-5-13/h4-9H,10H2,1-3H3. The lowest BCUT2D eigenvalue weighted by Gasteiger charge is -2.12. The molecule has 4 rings (SSSR count). The molecule has 0 aliphatic heterocycles. The lowest BCUT2D eigenvalue weighted by molar-refractivity contribution is 0.0563. The molecule has 29 heavy (non-hydrogen) atoms. The van der Waals surface area contributed by atoms with Crippen molar-refractivity contribution in [3.05, 3.63) is 73.7 Å². The highest BCUT2D eigenvalue weighted by molar-refractivity contribution is 7.18. The number of halogens is 1. The number of nitrogens with zero attached hydrogens (tertiary/aromatic N) is 2. The molecule has 1 aromatic carbocycles. The fourth-order valence-corrected chi connectivity index (χ4v) is 4.27. The molecule has 0 bridgehead atoms. The van der Waals surface area contributed by atoms with Crippen LogP contribution in [-0.2, 0) is 11.3 Å². The molecule has 0 fully saturated rings. The molecule has 0 N–H and O–H groups in total. The Labute approximate surface area is 175 Å². The van der Waals surface area contributed by atoms with Crippen LogP contribution in [0.15, 0.2) is 45.6 Å². The van der Waals surface area contributed by atoms with Crippen molar-refractivity contribution in [2.75, 3.05) is 7.11 Å². The zero-order valence-electron chi connectivity index (χ0n) is 16.0. The van der Waals surface area contributed by atoms with Gasteiger partial charge in [0.05, 0.1) is 19.0 Å². The minimum Gasteiger partial charge on any atom is -0.463 e. The van der Waals surface area contributed by atoms with E-state index in [1.54, 1.807) is 22.8 Å². The number of aryl methyl sites for hydroxylation is 2. The average molecular weight is 429 g/mol. The number of esters is 1. The second-order valence-electron chi connectivity index (χ2n) is 6.55. The summed E-state index contributed by atoms with van der Waals surface area (Å²) in [4.78, 5) is 31.6. The first-order valence-electron chi connectivity index (χ1n) is 8.82. The van der Waals surface area contributed by atoms with Gasteiger partial charge in [-0.25, -0.2) is 9.78 Å². The van der Waals surface area contributed by atoms with Crippen molar-refractivity contribution in [3.8, 4) is 11.4 Å². The summed E-state index contributed by atoms with van der Waals surface area (Å²) in [7, 11) is 1.28. The summed E-state index contributed by atoms with van der Waals surface area (Å²) < 4.78 is 11.8. The van der Waals surface area contributed by atoms with Crippen molar-refractivity contribution in [3.63, 3.8) is 0 Å². The number of aromatic nitrogens is 2. The highest BCUT2D eigenvalue weighted by atomic mass is 35.5. The van der Waals surface area contributed by atoms with E-state index in [1.807, 2.05) is 26.0 Å². The van der Waals surface area contributed by atoms with Gasteiger partial charge in [-0.05, 0) is 55.8 Å². The molecule has 0 saturated heterocycles. The molecule has 6 nitrogen and oxygen atoms in total. The van der Waals surface area contributed by atoms with Crippen molar-refractivity contribution < 1.29 is 13.9 Å². The highest BCUT2D eigenvalue weighted by Crippen LogP contribution is 2.29. The second-order valence-corrected chi connectivity index (χ2v) is 8.19. The van der Waals surface area contributed by atoms with Gasteiger partial charge in [-0.2, -0.15) is 0 Å². The van der Waals surface area contributed by atoms with E-state index >= 15 is 0 Å². The summed E-state index contributed by atoms with van der Waals surface area (Å²) in [6.45, 7) is 4.03. The number of ether oxygens (including phenoxy) is 1. The predicted octanol–water partition coefficient (Wildman–Crippen LogP) is 4.82.